The van der Waals surface area contributed by atoms with Gasteiger partial charge < -0.3 is 4.18 Å². The molecule has 0 aliphatic heterocycles. The normalized spacial score (nSPS) is 11.4. The van der Waals surface area contributed by atoms with Crippen LogP contribution in [0.2, 0.25) is 0 Å². The second-order valence-electron chi connectivity index (χ2n) is 3.18. The molecule has 0 N–H and O–H groups in total. The van der Waals surface area contributed by atoms with Gasteiger partial charge in [0.15, 0.2) is 0 Å². The van der Waals surface area contributed by atoms with Gasteiger partial charge >= 0.3 is 10.1 Å². The van der Waals surface area contributed by atoms with E-state index in [-0.39, 0.29) is 0 Å². The van der Waals surface area contributed by atoms with Crippen molar-refractivity contribution < 1.29 is 12.6 Å². The predicted octanol–water partition coefficient (Wildman–Crippen LogP) is 1.90. The number of hydrogen-bond acceptors (Lipinski definition) is 3. The Kier molecular flexibility index (Phi) is 3.16. The highest BCUT2D eigenvalue weighted by Gasteiger charge is 2.08. The standard InChI is InChI=1S/C10H14O3S/c1-4-9-6-5-7-10(8(9)2)13-14(3,11)12/h5-7H,4H2,1-3H3. The Hall–Kier alpha value is -1.03. The van der Waals surface area contributed by atoms with Gasteiger partial charge in [-0.05, 0) is 30.5 Å². The highest BCUT2D eigenvalue weighted by atomic mass is 32.2. The van der Waals surface area contributed by atoms with E-state index in [9.17, 15) is 8.42 Å². The smallest absolute Gasteiger partial charge is 0.306 e. The maximum atomic E-state index is 10.9. The molecule has 1 aromatic carbocycles. The molecule has 0 atom stereocenters. The van der Waals surface area contributed by atoms with Crippen LogP contribution in [-0.2, 0) is 16.5 Å². The van der Waals surface area contributed by atoms with Crippen LogP contribution < -0.4 is 4.18 Å². The first-order chi connectivity index (χ1) is 6.44. The molecule has 0 fully saturated rings. The van der Waals surface area contributed by atoms with E-state index in [4.69, 9.17) is 4.18 Å². The van der Waals surface area contributed by atoms with Crippen LogP contribution in [0, 0.1) is 6.92 Å². The summed E-state index contributed by atoms with van der Waals surface area (Å²) in [6.45, 7) is 3.88. The maximum Gasteiger partial charge on any atom is 0.306 e. The molecule has 0 aliphatic rings. The zero-order valence-corrected chi connectivity index (χ0v) is 9.39. The Labute approximate surface area is 84.8 Å². The molecule has 0 heterocycles. The van der Waals surface area contributed by atoms with E-state index in [1.165, 1.54) is 0 Å². The van der Waals surface area contributed by atoms with Gasteiger partial charge in [-0.2, -0.15) is 8.42 Å². The lowest BCUT2D eigenvalue weighted by atomic mass is 10.1. The van der Waals surface area contributed by atoms with Gasteiger partial charge in [0, 0.05) is 0 Å². The fourth-order valence-corrected chi connectivity index (χ4v) is 1.80. The lowest BCUT2D eigenvalue weighted by molar-refractivity contribution is 0.490. The molecule has 4 heteroatoms. The molecule has 0 amide bonds. The fourth-order valence-electron chi connectivity index (χ4n) is 1.30. The molecule has 0 aliphatic carbocycles. The summed E-state index contributed by atoms with van der Waals surface area (Å²) in [5, 5.41) is 0. The zero-order chi connectivity index (χ0) is 10.8. The number of benzene rings is 1. The van der Waals surface area contributed by atoms with Crippen LogP contribution in [0.3, 0.4) is 0 Å². The second kappa shape index (κ2) is 4.00. The van der Waals surface area contributed by atoms with E-state index in [0.717, 1.165) is 23.8 Å². The fraction of sp³-hybridized carbons (Fsp3) is 0.400. The van der Waals surface area contributed by atoms with E-state index < -0.39 is 10.1 Å². The van der Waals surface area contributed by atoms with Crippen LogP contribution in [0.4, 0.5) is 0 Å². The molecule has 0 saturated heterocycles. The van der Waals surface area contributed by atoms with Crippen molar-refractivity contribution in [2.45, 2.75) is 20.3 Å². The number of rotatable bonds is 3. The average molecular weight is 214 g/mol. The lowest BCUT2D eigenvalue weighted by Crippen LogP contribution is -2.07. The summed E-state index contributed by atoms with van der Waals surface area (Å²) in [5.41, 5.74) is 1.99. The largest absolute Gasteiger partial charge is 0.382 e. The minimum absolute atomic E-state index is 0.423. The van der Waals surface area contributed by atoms with Crippen LogP contribution in [0.5, 0.6) is 5.75 Å². The van der Waals surface area contributed by atoms with Crippen molar-refractivity contribution in [1.29, 1.82) is 0 Å². The van der Waals surface area contributed by atoms with Crippen LogP contribution in [-0.4, -0.2) is 14.7 Å². The monoisotopic (exact) mass is 214 g/mol. The Morgan fingerprint density at radius 1 is 1.36 bits per heavy atom. The molecule has 14 heavy (non-hydrogen) atoms. The number of aryl methyl sites for hydroxylation is 1. The van der Waals surface area contributed by atoms with Gasteiger partial charge in [0.1, 0.15) is 5.75 Å². The van der Waals surface area contributed by atoms with E-state index in [1.54, 1.807) is 12.1 Å². The third-order valence-electron chi connectivity index (χ3n) is 2.02. The molecule has 0 spiro atoms. The Morgan fingerprint density at radius 3 is 2.50 bits per heavy atom. The molecule has 3 nitrogen and oxygen atoms in total. The van der Waals surface area contributed by atoms with Gasteiger partial charge in [0.2, 0.25) is 0 Å². The molecule has 78 valence electrons. The van der Waals surface area contributed by atoms with Crippen molar-refractivity contribution in [3.8, 4) is 5.75 Å². The van der Waals surface area contributed by atoms with Crippen LogP contribution in [0.25, 0.3) is 0 Å². The summed E-state index contributed by atoms with van der Waals surface area (Å²) in [5.74, 6) is 0.423. The molecule has 0 radical (unpaired) electrons. The van der Waals surface area contributed by atoms with Crippen LogP contribution in [0.1, 0.15) is 18.1 Å². The van der Waals surface area contributed by atoms with Gasteiger partial charge in [-0.15, -0.1) is 0 Å². The van der Waals surface area contributed by atoms with Crippen molar-refractivity contribution in [1.82, 2.24) is 0 Å². The molecule has 1 aromatic rings. The zero-order valence-electron chi connectivity index (χ0n) is 8.57. The second-order valence-corrected chi connectivity index (χ2v) is 4.76. The summed E-state index contributed by atoms with van der Waals surface area (Å²) < 4.78 is 26.7. The average Bonchev–Trinajstić information content (AvgIpc) is 2.06. The molecule has 0 bridgehead atoms. The summed E-state index contributed by atoms with van der Waals surface area (Å²) in [7, 11) is -3.42. The summed E-state index contributed by atoms with van der Waals surface area (Å²) >= 11 is 0. The first-order valence-corrected chi connectivity index (χ1v) is 6.23. The van der Waals surface area contributed by atoms with Gasteiger partial charge in [-0.3, -0.25) is 0 Å². The number of hydrogen-bond donors (Lipinski definition) is 0. The van der Waals surface area contributed by atoms with Crippen molar-refractivity contribution in [2.75, 3.05) is 6.26 Å². The molecule has 0 saturated carbocycles. The quantitative estimate of drug-likeness (QED) is 0.722. The molecular formula is C10H14O3S. The van der Waals surface area contributed by atoms with Gasteiger partial charge in [0.05, 0.1) is 6.26 Å². The van der Waals surface area contributed by atoms with E-state index in [2.05, 4.69) is 0 Å². The lowest BCUT2D eigenvalue weighted by Gasteiger charge is -2.09. The maximum absolute atomic E-state index is 10.9. The van der Waals surface area contributed by atoms with Crippen molar-refractivity contribution in [3.63, 3.8) is 0 Å². The van der Waals surface area contributed by atoms with Gasteiger partial charge in [-0.25, -0.2) is 0 Å². The topological polar surface area (TPSA) is 43.4 Å². The highest BCUT2D eigenvalue weighted by Crippen LogP contribution is 2.22. The molecular weight excluding hydrogens is 200 g/mol. The first kappa shape index (κ1) is 11.0. The SMILES string of the molecule is CCc1cccc(OS(C)(=O)=O)c1C. The predicted molar refractivity (Wildman–Crippen MR) is 56.0 cm³/mol. The minimum Gasteiger partial charge on any atom is -0.382 e. The summed E-state index contributed by atoms with van der Waals surface area (Å²) in [4.78, 5) is 0. The van der Waals surface area contributed by atoms with Crippen LogP contribution in [0.15, 0.2) is 18.2 Å². The van der Waals surface area contributed by atoms with E-state index in [1.807, 2.05) is 19.9 Å². The summed E-state index contributed by atoms with van der Waals surface area (Å²) in [6.07, 6.45) is 1.91. The van der Waals surface area contributed by atoms with Crippen LogP contribution >= 0.6 is 0 Å². The third-order valence-corrected chi connectivity index (χ3v) is 2.50. The van der Waals surface area contributed by atoms with E-state index in [0.29, 0.717) is 5.75 Å². The minimum atomic E-state index is -3.42. The first-order valence-electron chi connectivity index (χ1n) is 4.42. The Morgan fingerprint density at radius 2 is 2.00 bits per heavy atom. The van der Waals surface area contributed by atoms with Gasteiger partial charge in [-0.1, -0.05) is 19.1 Å². The Balaban J connectivity index is 3.10. The van der Waals surface area contributed by atoms with Gasteiger partial charge in [0.25, 0.3) is 0 Å². The van der Waals surface area contributed by atoms with Crippen molar-refractivity contribution in [3.05, 3.63) is 29.3 Å². The molecule has 0 unspecified atom stereocenters. The molecule has 1 rings (SSSR count). The molecule has 0 aromatic heterocycles. The highest BCUT2D eigenvalue weighted by molar-refractivity contribution is 7.86. The van der Waals surface area contributed by atoms with Crippen molar-refractivity contribution in [2.24, 2.45) is 0 Å². The van der Waals surface area contributed by atoms with E-state index >= 15 is 0 Å². The summed E-state index contributed by atoms with van der Waals surface area (Å²) in [6, 6.07) is 5.42. The Bertz CT molecular complexity index is 421. The van der Waals surface area contributed by atoms with Crippen molar-refractivity contribution >= 4 is 10.1 Å². The third kappa shape index (κ3) is 2.73.